The SMILES string of the molecule is CCc1ccccc1[SiH](Cl)CCl. The Labute approximate surface area is 84.8 Å². The molecule has 0 bridgehead atoms. The zero-order valence-corrected chi connectivity index (χ0v) is 9.72. The Morgan fingerprint density at radius 2 is 2.00 bits per heavy atom. The molecule has 0 aromatic heterocycles. The zero-order valence-electron chi connectivity index (χ0n) is 7.06. The maximum Gasteiger partial charge on any atom is 0.186 e. The van der Waals surface area contributed by atoms with Gasteiger partial charge in [-0.15, -0.1) is 11.6 Å². The van der Waals surface area contributed by atoms with Crippen molar-refractivity contribution in [2.45, 2.75) is 13.3 Å². The third-order valence-electron chi connectivity index (χ3n) is 1.91. The lowest BCUT2D eigenvalue weighted by Crippen LogP contribution is -2.29. The van der Waals surface area contributed by atoms with Gasteiger partial charge in [0.15, 0.2) is 8.11 Å². The molecule has 0 spiro atoms. The molecule has 1 atom stereocenters. The molecule has 0 aliphatic heterocycles. The molecule has 0 aliphatic rings. The van der Waals surface area contributed by atoms with Crippen LogP contribution >= 0.6 is 22.7 Å². The summed E-state index contributed by atoms with van der Waals surface area (Å²) in [7, 11) is -1.36. The molecule has 0 nitrogen and oxygen atoms in total. The standard InChI is InChI=1S/C9H12Cl2Si/c1-2-8-5-3-4-6-9(8)12(11)7-10/h3-6,12H,2,7H2,1H3. The van der Waals surface area contributed by atoms with E-state index in [0.29, 0.717) is 5.50 Å². The minimum atomic E-state index is -1.36. The fourth-order valence-electron chi connectivity index (χ4n) is 1.24. The maximum absolute atomic E-state index is 6.18. The van der Waals surface area contributed by atoms with Crippen molar-refractivity contribution in [2.75, 3.05) is 5.50 Å². The molecule has 1 rings (SSSR count). The number of benzene rings is 1. The predicted octanol–water partition coefficient (Wildman–Crippen LogP) is 2.20. The number of hydrogen-bond donors (Lipinski definition) is 0. The van der Waals surface area contributed by atoms with Crippen LogP contribution in [-0.4, -0.2) is 13.6 Å². The quantitative estimate of drug-likeness (QED) is 0.415. The summed E-state index contributed by atoms with van der Waals surface area (Å²) in [6.07, 6.45) is 1.04. The van der Waals surface area contributed by atoms with Gasteiger partial charge in [-0.3, -0.25) is 0 Å². The Morgan fingerprint density at radius 3 is 2.58 bits per heavy atom. The van der Waals surface area contributed by atoms with E-state index in [1.54, 1.807) is 0 Å². The van der Waals surface area contributed by atoms with Crippen LogP contribution in [0.2, 0.25) is 0 Å². The molecule has 0 fully saturated rings. The number of halogens is 2. The Morgan fingerprint density at radius 1 is 1.33 bits per heavy atom. The van der Waals surface area contributed by atoms with E-state index in [1.165, 1.54) is 10.8 Å². The molecular weight excluding hydrogens is 207 g/mol. The van der Waals surface area contributed by atoms with Crippen LogP contribution < -0.4 is 5.19 Å². The van der Waals surface area contributed by atoms with E-state index in [4.69, 9.17) is 22.7 Å². The molecule has 1 aromatic rings. The fraction of sp³-hybridized carbons (Fsp3) is 0.333. The van der Waals surface area contributed by atoms with Crippen LogP contribution in [0.3, 0.4) is 0 Å². The number of hydrogen-bond acceptors (Lipinski definition) is 0. The van der Waals surface area contributed by atoms with Crippen molar-refractivity contribution in [3.8, 4) is 0 Å². The van der Waals surface area contributed by atoms with Crippen molar-refractivity contribution in [1.29, 1.82) is 0 Å². The van der Waals surface area contributed by atoms with Gasteiger partial charge in [0.05, 0.1) is 0 Å². The summed E-state index contributed by atoms with van der Waals surface area (Å²) in [6.45, 7) is 2.14. The van der Waals surface area contributed by atoms with E-state index in [0.717, 1.165) is 6.42 Å². The van der Waals surface area contributed by atoms with Crippen LogP contribution in [0.15, 0.2) is 24.3 Å². The molecule has 1 unspecified atom stereocenters. The second-order valence-electron chi connectivity index (χ2n) is 2.67. The highest BCUT2D eigenvalue weighted by atomic mass is 35.6. The highest BCUT2D eigenvalue weighted by molar-refractivity contribution is 7.16. The molecule has 1 aromatic carbocycles. The number of rotatable bonds is 3. The summed E-state index contributed by atoms with van der Waals surface area (Å²) >= 11 is 11.9. The highest BCUT2D eigenvalue weighted by Gasteiger charge is 2.11. The summed E-state index contributed by atoms with van der Waals surface area (Å²) in [5.41, 5.74) is 1.96. The maximum atomic E-state index is 6.18. The second kappa shape index (κ2) is 4.90. The van der Waals surface area contributed by atoms with Crippen molar-refractivity contribution in [2.24, 2.45) is 0 Å². The molecule has 3 heteroatoms. The van der Waals surface area contributed by atoms with Crippen LogP contribution in [0.1, 0.15) is 12.5 Å². The average molecular weight is 219 g/mol. The van der Waals surface area contributed by atoms with Gasteiger partial charge in [-0.2, -0.15) is 11.1 Å². The van der Waals surface area contributed by atoms with Gasteiger partial charge in [-0.25, -0.2) is 0 Å². The fourth-order valence-corrected chi connectivity index (χ4v) is 3.57. The average Bonchev–Trinajstić information content (AvgIpc) is 2.16. The van der Waals surface area contributed by atoms with Gasteiger partial charge in [0.2, 0.25) is 0 Å². The normalized spacial score (nSPS) is 12.9. The zero-order chi connectivity index (χ0) is 8.97. The van der Waals surface area contributed by atoms with Crippen LogP contribution in [0.25, 0.3) is 0 Å². The largest absolute Gasteiger partial charge is 0.186 e. The third-order valence-corrected chi connectivity index (χ3v) is 5.99. The summed E-state index contributed by atoms with van der Waals surface area (Å²) in [6, 6.07) is 8.31. The second-order valence-corrected chi connectivity index (χ2v) is 7.05. The summed E-state index contributed by atoms with van der Waals surface area (Å²) in [4.78, 5) is 0. The van der Waals surface area contributed by atoms with Gasteiger partial charge in [-0.1, -0.05) is 31.2 Å². The predicted molar refractivity (Wildman–Crippen MR) is 59.2 cm³/mol. The van der Waals surface area contributed by atoms with Crippen LogP contribution in [0, 0.1) is 0 Å². The molecule has 0 radical (unpaired) electrons. The Kier molecular flexibility index (Phi) is 4.13. The summed E-state index contributed by atoms with van der Waals surface area (Å²) < 4.78 is 0. The lowest BCUT2D eigenvalue weighted by Gasteiger charge is -2.08. The van der Waals surface area contributed by atoms with Gasteiger partial charge >= 0.3 is 0 Å². The molecular formula is C9H12Cl2Si. The van der Waals surface area contributed by atoms with Crippen molar-refractivity contribution in [3.05, 3.63) is 29.8 Å². The number of aryl methyl sites for hydroxylation is 1. The van der Waals surface area contributed by atoms with Crippen molar-refractivity contribution >= 4 is 36.0 Å². The lowest BCUT2D eigenvalue weighted by molar-refractivity contribution is 1.15. The van der Waals surface area contributed by atoms with E-state index in [1.807, 2.05) is 6.07 Å². The molecule has 66 valence electrons. The van der Waals surface area contributed by atoms with E-state index in [-0.39, 0.29) is 0 Å². The first kappa shape index (κ1) is 10.1. The van der Waals surface area contributed by atoms with Crippen LogP contribution in [0.4, 0.5) is 0 Å². The smallest absolute Gasteiger partial charge is 0.164 e. The Balaban J connectivity index is 2.96. The van der Waals surface area contributed by atoms with Gasteiger partial charge in [0, 0.05) is 5.50 Å². The molecule has 0 aliphatic carbocycles. The minimum Gasteiger partial charge on any atom is -0.164 e. The van der Waals surface area contributed by atoms with Crippen LogP contribution in [0.5, 0.6) is 0 Å². The van der Waals surface area contributed by atoms with E-state index >= 15 is 0 Å². The monoisotopic (exact) mass is 218 g/mol. The Hall–Kier alpha value is 0.0169. The molecule has 0 N–H and O–H groups in total. The summed E-state index contributed by atoms with van der Waals surface area (Å²) in [5, 5.41) is 1.30. The highest BCUT2D eigenvalue weighted by Crippen LogP contribution is 2.02. The van der Waals surface area contributed by atoms with Crippen molar-refractivity contribution in [1.82, 2.24) is 0 Å². The summed E-state index contributed by atoms with van der Waals surface area (Å²) in [5.74, 6) is 0. The van der Waals surface area contributed by atoms with Gasteiger partial charge in [0.1, 0.15) is 0 Å². The van der Waals surface area contributed by atoms with E-state index in [2.05, 4.69) is 25.1 Å². The van der Waals surface area contributed by atoms with Crippen molar-refractivity contribution < 1.29 is 0 Å². The Bertz CT molecular complexity index is 250. The van der Waals surface area contributed by atoms with E-state index in [9.17, 15) is 0 Å². The van der Waals surface area contributed by atoms with Crippen molar-refractivity contribution in [3.63, 3.8) is 0 Å². The first-order valence-electron chi connectivity index (χ1n) is 4.07. The first-order valence-corrected chi connectivity index (χ1v) is 7.74. The topological polar surface area (TPSA) is 0 Å². The van der Waals surface area contributed by atoms with Gasteiger partial charge < -0.3 is 0 Å². The molecule has 0 amide bonds. The van der Waals surface area contributed by atoms with Crippen LogP contribution in [-0.2, 0) is 6.42 Å². The molecule has 0 saturated heterocycles. The van der Waals surface area contributed by atoms with E-state index < -0.39 is 8.11 Å². The first-order chi connectivity index (χ1) is 5.79. The van der Waals surface area contributed by atoms with Gasteiger partial charge in [-0.05, 0) is 17.2 Å². The van der Waals surface area contributed by atoms with Gasteiger partial charge in [0.25, 0.3) is 0 Å². The lowest BCUT2D eigenvalue weighted by atomic mass is 10.2. The molecule has 0 heterocycles. The molecule has 0 saturated carbocycles. The third kappa shape index (κ3) is 2.25. The number of alkyl halides is 1. The molecule has 12 heavy (non-hydrogen) atoms. The minimum absolute atomic E-state index is 0.610.